The predicted octanol–water partition coefficient (Wildman–Crippen LogP) is 4.64. The van der Waals surface area contributed by atoms with Crippen LogP contribution in [0.2, 0.25) is 0 Å². The van der Waals surface area contributed by atoms with E-state index in [2.05, 4.69) is 19.2 Å². The zero-order valence-corrected chi connectivity index (χ0v) is 12.3. The molecule has 1 nitrogen and oxygen atoms in total. The lowest BCUT2D eigenvalue weighted by Crippen LogP contribution is -2.38. The molecule has 0 bridgehead atoms. The van der Waals surface area contributed by atoms with E-state index in [0.29, 0.717) is 5.92 Å². The Morgan fingerprint density at radius 3 is 2.45 bits per heavy atom. The number of nitrogens with one attached hydrogen (secondary N) is 1. The number of halogens is 3. The van der Waals surface area contributed by atoms with Gasteiger partial charge in [-0.05, 0) is 61.9 Å². The summed E-state index contributed by atoms with van der Waals surface area (Å²) in [6, 6.07) is 4.15. The molecule has 1 saturated heterocycles. The van der Waals surface area contributed by atoms with Crippen LogP contribution in [0.5, 0.6) is 0 Å². The second-order valence-electron chi connectivity index (χ2n) is 6.24. The molecule has 0 radical (unpaired) electrons. The number of benzene rings is 1. The molecule has 20 heavy (non-hydrogen) atoms. The van der Waals surface area contributed by atoms with E-state index in [1.807, 2.05) is 0 Å². The highest BCUT2D eigenvalue weighted by Gasteiger charge is 2.38. The van der Waals surface area contributed by atoms with Crippen molar-refractivity contribution in [2.75, 3.05) is 6.54 Å². The molecule has 1 aromatic carbocycles. The molecule has 0 saturated carbocycles. The fourth-order valence-corrected chi connectivity index (χ4v) is 3.39. The lowest BCUT2D eigenvalue weighted by molar-refractivity contribution is -0.137. The van der Waals surface area contributed by atoms with Gasteiger partial charge < -0.3 is 5.32 Å². The summed E-state index contributed by atoms with van der Waals surface area (Å²) in [7, 11) is 0. The summed E-state index contributed by atoms with van der Waals surface area (Å²) in [5, 5.41) is 3.54. The van der Waals surface area contributed by atoms with Crippen LogP contribution < -0.4 is 5.32 Å². The summed E-state index contributed by atoms with van der Waals surface area (Å²) in [5.41, 5.74) is 1.05. The highest BCUT2D eigenvalue weighted by atomic mass is 19.4. The lowest BCUT2D eigenvalue weighted by Gasteiger charge is -2.34. The molecule has 0 spiro atoms. The van der Waals surface area contributed by atoms with Crippen molar-refractivity contribution in [1.29, 1.82) is 0 Å². The first-order chi connectivity index (χ1) is 9.24. The van der Waals surface area contributed by atoms with Crippen LogP contribution in [0.3, 0.4) is 0 Å². The molecular weight excluding hydrogens is 263 g/mol. The van der Waals surface area contributed by atoms with Crippen molar-refractivity contribution in [3.63, 3.8) is 0 Å². The quantitative estimate of drug-likeness (QED) is 0.853. The lowest BCUT2D eigenvalue weighted by atomic mass is 9.79. The van der Waals surface area contributed by atoms with Gasteiger partial charge in [0.1, 0.15) is 0 Å². The van der Waals surface area contributed by atoms with Crippen LogP contribution in [-0.4, -0.2) is 6.54 Å². The smallest absolute Gasteiger partial charge is 0.307 e. The third-order valence-electron chi connectivity index (χ3n) is 4.07. The van der Waals surface area contributed by atoms with E-state index in [-0.39, 0.29) is 5.54 Å². The Hall–Kier alpha value is -1.03. The van der Waals surface area contributed by atoms with E-state index in [1.54, 1.807) is 13.0 Å². The van der Waals surface area contributed by atoms with Crippen molar-refractivity contribution in [3.8, 4) is 0 Å². The van der Waals surface area contributed by atoms with Crippen LogP contribution in [0, 0.1) is 12.8 Å². The molecule has 1 atom stereocenters. The monoisotopic (exact) mass is 285 g/mol. The number of alkyl halides is 3. The summed E-state index contributed by atoms with van der Waals surface area (Å²) in [6.45, 7) is 7.03. The standard InChI is InChI=1S/C16H22F3N/c1-11(2)10-15(7-4-8-20-15)14-6-5-13(9-12(14)3)16(17,18)19/h5-6,9,11,20H,4,7-8,10H2,1-3H3. The Labute approximate surface area is 118 Å². The molecule has 1 fully saturated rings. The Morgan fingerprint density at radius 2 is 2.00 bits per heavy atom. The largest absolute Gasteiger partial charge is 0.416 e. The Morgan fingerprint density at radius 1 is 1.30 bits per heavy atom. The third kappa shape index (κ3) is 3.00. The molecule has 0 aliphatic carbocycles. The second-order valence-corrected chi connectivity index (χ2v) is 6.24. The van der Waals surface area contributed by atoms with Gasteiger partial charge in [0, 0.05) is 5.54 Å². The van der Waals surface area contributed by atoms with E-state index in [0.717, 1.165) is 36.9 Å². The first kappa shape index (κ1) is 15.4. The maximum absolute atomic E-state index is 12.8. The molecule has 1 unspecified atom stereocenters. The molecule has 112 valence electrons. The zero-order valence-electron chi connectivity index (χ0n) is 12.3. The molecule has 1 aliphatic rings. The average molecular weight is 285 g/mol. The van der Waals surface area contributed by atoms with Crippen LogP contribution in [0.15, 0.2) is 18.2 Å². The van der Waals surface area contributed by atoms with Crippen molar-refractivity contribution < 1.29 is 13.2 Å². The molecule has 1 heterocycles. The van der Waals surface area contributed by atoms with Gasteiger partial charge in [0.25, 0.3) is 0 Å². The Kier molecular flexibility index (Phi) is 4.14. The van der Waals surface area contributed by atoms with Crippen LogP contribution in [-0.2, 0) is 11.7 Å². The number of hydrogen-bond donors (Lipinski definition) is 1. The fourth-order valence-electron chi connectivity index (χ4n) is 3.39. The number of hydrogen-bond acceptors (Lipinski definition) is 1. The van der Waals surface area contributed by atoms with E-state index in [1.165, 1.54) is 12.1 Å². The van der Waals surface area contributed by atoms with Crippen molar-refractivity contribution >= 4 is 0 Å². The molecule has 1 N–H and O–H groups in total. The van der Waals surface area contributed by atoms with Crippen molar-refractivity contribution in [2.45, 2.75) is 51.7 Å². The zero-order chi connectivity index (χ0) is 15.0. The average Bonchev–Trinajstić information content (AvgIpc) is 2.76. The SMILES string of the molecule is Cc1cc(C(F)(F)F)ccc1C1(CC(C)C)CCCN1. The van der Waals surface area contributed by atoms with Gasteiger partial charge >= 0.3 is 6.18 Å². The fraction of sp³-hybridized carbons (Fsp3) is 0.625. The van der Waals surface area contributed by atoms with Gasteiger partial charge in [0.15, 0.2) is 0 Å². The number of rotatable bonds is 3. The number of aryl methyl sites for hydroxylation is 1. The minimum absolute atomic E-state index is 0.150. The van der Waals surface area contributed by atoms with E-state index >= 15 is 0 Å². The topological polar surface area (TPSA) is 12.0 Å². The highest BCUT2D eigenvalue weighted by Crippen LogP contribution is 2.40. The maximum Gasteiger partial charge on any atom is 0.416 e. The summed E-state index contributed by atoms with van der Waals surface area (Å²) >= 11 is 0. The van der Waals surface area contributed by atoms with E-state index in [4.69, 9.17) is 0 Å². The Balaban J connectivity index is 2.40. The summed E-state index contributed by atoms with van der Waals surface area (Å²) < 4.78 is 38.3. The molecule has 4 heteroatoms. The minimum atomic E-state index is -4.27. The van der Waals surface area contributed by atoms with E-state index in [9.17, 15) is 13.2 Å². The maximum atomic E-state index is 12.8. The van der Waals surface area contributed by atoms with Crippen LogP contribution in [0.1, 0.15) is 49.8 Å². The first-order valence-electron chi connectivity index (χ1n) is 7.18. The van der Waals surface area contributed by atoms with Crippen LogP contribution in [0.25, 0.3) is 0 Å². The second kappa shape index (κ2) is 5.40. The summed E-state index contributed by atoms with van der Waals surface area (Å²) in [5.74, 6) is 0.502. The highest BCUT2D eigenvalue weighted by molar-refractivity contribution is 5.38. The summed E-state index contributed by atoms with van der Waals surface area (Å²) in [4.78, 5) is 0. The van der Waals surface area contributed by atoms with Gasteiger partial charge in [-0.3, -0.25) is 0 Å². The van der Waals surface area contributed by atoms with Gasteiger partial charge in [-0.1, -0.05) is 19.9 Å². The van der Waals surface area contributed by atoms with Crippen molar-refractivity contribution in [3.05, 3.63) is 34.9 Å². The molecular formula is C16H22F3N. The van der Waals surface area contributed by atoms with E-state index < -0.39 is 11.7 Å². The van der Waals surface area contributed by atoms with Gasteiger partial charge in [-0.2, -0.15) is 13.2 Å². The van der Waals surface area contributed by atoms with Gasteiger partial charge in [-0.25, -0.2) is 0 Å². The molecule has 2 rings (SSSR count). The molecule has 0 aromatic heterocycles. The van der Waals surface area contributed by atoms with Gasteiger partial charge in [0.05, 0.1) is 5.56 Å². The van der Waals surface area contributed by atoms with Gasteiger partial charge in [-0.15, -0.1) is 0 Å². The normalized spacial score (nSPS) is 23.6. The molecule has 1 aromatic rings. The Bertz CT molecular complexity index is 471. The molecule has 0 amide bonds. The minimum Gasteiger partial charge on any atom is -0.307 e. The van der Waals surface area contributed by atoms with Crippen LogP contribution in [0.4, 0.5) is 13.2 Å². The van der Waals surface area contributed by atoms with Crippen LogP contribution >= 0.6 is 0 Å². The van der Waals surface area contributed by atoms with Crippen molar-refractivity contribution in [2.24, 2.45) is 5.92 Å². The first-order valence-corrected chi connectivity index (χ1v) is 7.18. The van der Waals surface area contributed by atoms with Crippen molar-refractivity contribution in [1.82, 2.24) is 5.32 Å². The predicted molar refractivity (Wildman–Crippen MR) is 74.6 cm³/mol. The summed E-state index contributed by atoms with van der Waals surface area (Å²) in [6.07, 6.45) is -1.23. The van der Waals surface area contributed by atoms with Gasteiger partial charge in [0.2, 0.25) is 0 Å². The molecule has 1 aliphatic heterocycles. The third-order valence-corrected chi connectivity index (χ3v) is 4.07.